The Morgan fingerprint density at radius 3 is 2.68 bits per heavy atom. The molecular formula is C19H16BrF2N3O3. The van der Waals surface area contributed by atoms with Gasteiger partial charge in [-0.2, -0.15) is 13.9 Å². The lowest BCUT2D eigenvalue weighted by Crippen LogP contribution is -2.15. The highest BCUT2D eigenvalue weighted by molar-refractivity contribution is 9.10. The lowest BCUT2D eigenvalue weighted by atomic mass is 10.2. The number of benzene rings is 2. The molecule has 3 aromatic rings. The molecule has 9 heteroatoms. The Hall–Kier alpha value is -2.94. The van der Waals surface area contributed by atoms with E-state index in [1.807, 2.05) is 12.1 Å². The number of anilines is 1. The molecule has 6 nitrogen and oxygen atoms in total. The molecule has 1 amide bonds. The summed E-state index contributed by atoms with van der Waals surface area (Å²) in [5.74, 6) is -0.00939. The van der Waals surface area contributed by atoms with Gasteiger partial charge in [-0.3, -0.25) is 4.79 Å². The lowest BCUT2D eigenvalue weighted by Gasteiger charge is -2.12. The van der Waals surface area contributed by atoms with Crippen LogP contribution in [0.4, 0.5) is 14.5 Å². The average Bonchev–Trinajstić information content (AvgIpc) is 3.12. The molecule has 1 aromatic heterocycles. The summed E-state index contributed by atoms with van der Waals surface area (Å²) in [7, 11) is 0. The van der Waals surface area contributed by atoms with Crippen molar-refractivity contribution in [3.05, 3.63) is 70.5 Å². The van der Waals surface area contributed by atoms with Crippen molar-refractivity contribution in [1.82, 2.24) is 9.78 Å². The van der Waals surface area contributed by atoms with Crippen molar-refractivity contribution in [3.8, 4) is 11.5 Å². The van der Waals surface area contributed by atoms with Crippen LogP contribution in [0.15, 0.2) is 59.2 Å². The summed E-state index contributed by atoms with van der Waals surface area (Å²) < 4.78 is 37.6. The van der Waals surface area contributed by atoms with E-state index < -0.39 is 12.5 Å². The van der Waals surface area contributed by atoms with E-state index in [2.05, 4.69) is 31.1 Å². The molecule has 1 heterocycles. The van der Waals surface area contributed by atoms with Crippen molar-refractivity contribution >= 4 is 27.5 Å². The van der Waals surface area contributed by atoms with Gasteiger partial charge >= 0.3 is 6.61 Å². The number of hydrogen-bond acceptors (Lipinski definition) is 4. The van der Waals surface area contributed by atoms with Gasteiger partial charge in [0.1, 0.15) is 11.5 Å². The molecule has 146 valence electrons. The van der Waals surface area contributed by atoms with Gasteiger partial charge in [-0.15, -0.1) is 0 Å². The number of ether oxygens (including phenoxy) is 2. The molecule has 0 aliphatic heterocycles. The van der Waals surface area contributed by atoms with Crippen molar-refractivity contribution in [2.75, 3.05) is 5.32 Å². The normalized spacial score (nSPS) is 10.8. The molecule has 3 rings (SSSR count). The molecule has 0 radical (unpaired) electrons. The van der Waals surface area contributed by atoms with Crippen LogP contribution in [0, 0.1) is 6.92 Å². The van der Waals surface area contributed by atoms with Gasteiger partial charge in [0.2, 0.25) is 0 Å². The van der Waals surface area contributed by atoms with Gasteiger partial charge in [-0.05, 0) is 55.0 Å². The van der Waals surface area contributed by atoms with Crippen LogP contribution in [0.3, 0.4) is 0 Å². The number of nitrogens with one attached hydrogen (secondary N) is 1. The zero-order valence-corrected chi connectivity index (χ0v) is 16.3. The van der Waals surface area contributed by atoms with E-state index in [0.29, 0.717) is 5.75 Å². The van der Waals surface area contributed by atoms with Crippen molar-refractivity contribution < 1.29 is 23.0 Å². The Kier molecular flexibility index (Phi) is 6.25. The van der Waals surface area contributed by atoms with Crippen molar-refractivity contribution in [3.63, 3.8) is 0 Å². The minimum atomic E-state index is -2.99. The molecule has 0 spiro atoms. The SMILES string of the molecule is Cc1ccc(NC(=O)c2ccn(COc3ccc(Br)cc3)n2)c(OC(F)F)c1. The number of nitrogens with zero attached hydrogens (tertiary/aromatic N) is 2. The molecule has 0 aliphatic rings. The van der Waals surface area contributed by atoms with E-state index >= 15 is 0 Å². The molecule has 0 unspecified atom stereocenters. The second kappa shape index (κ2) is 8.83. The number of hydrogen-bond donors (Lipinski definition) is 1. The Balaban J connectivity index is 1.65. The quantitative estimate of drug-likeness (QED) is 0.557. The monoisotopic (exact) mass is 451 g/mol. The first-order chi connectivity index (χ1) is 13.4. The second-order valence-electron chi connectivity index (χ2n) is 5.80. The van der Waals surface area contributed by atoms with Crippen LogP contribution >= 0.6 is 15.9 Å². The summed E-state index contributed by atoms with van der Waals surface area (Å²) in [4.78, 5) is 12.4. The third-order valence-corrected chi connectivity index (χ3v) is 4.18. The molecule has 0 atom stereocenters. The number of alkyl halides is 2. The van der Waals surface area contributed by atoms with Crippen molar-refractivity contribution in [2.45, 2.75) is 20.3 Å². The van der Waals surface area contributed by atoms with Gasteiger partial charge in [-0.25, -0.2) is 4.68 Å². The molecule has 1 N–H and O–H groups in total. The van der Waals surface area contributed by atoms with Crippen LogP contribution in [0.2, 0.25) is 0 Å². The third-order valence-electron chi connectivity index (χ3n) is 3.65. The summed E-state index contributed by atoms with van der Waals surface area (Å²) in [5, 5.41) is 6.66. The van der Waals surface area contributed by atoms with E-state index in [0.717, 1.165) is 10.0 Å². The first kappa shape index (κ1) is 19.8. The van der Waals surface area contributed by atoms with E-state index in [1.165, 1.54) is 22.9 Å². The Bertz CT molecular complexity index is 961. The maximum Gasteiger partial charge on any atom is 0.387 e. The van der Waals surface area contributed by atoms with Crippen LogP contribution in [0.1, 0.15) is 16.1 Å². The van der Waals surface area contributed by atoms with Crippen LogP contribution < -0.4 is 14.8 Å². The predicted molar refractivity (Wildman–Crippen MR) is 103 cm³/mol. The van der Waals surface area contributed by atoms with Crippen molar-refractivity contribution in [1.29, 1.82) is 0 Å². The fourth-order valence-corrected chi connectivity index (χ4v) is 2.60. The van der Waals surface area contributed by atoms with E-state index in [4.69, 9.17) is 4.74 Å². The maximum absolute atomic E-state index is 12.6. The summed E-state index contributed by atoms with van der Waals surface area (Å²) >= 11 is 3.34. The van der Waals surface area contributed by atoms with E-state index in [9.17, 15) is 13.6 Å². The molecule has 0 saturated carbocycles. The molecule has 0 saturated heterocycles. The van der Waals surface area contributed by atoms with Gasteiger partial charge < -0.3 is 14.8 Å². The number of amides is 1. The van der Waals surface area contributed by atoms with Crippen LogP contribution in [-0.4, -0.2) is 22.3 Å². The highest BCUT2D eigenvalue weighted by atomic mass is 79.9. The molecule has 28 heavy (non-hydrogen) atoms. The van der Waals surface area contributed by atoms with Crippen LogP contribution in [0.5, 0.6) is 11.5 Å². The minimum Gasteiger partial charge on any atom is -0.471 e. The molecule has 0 aliphatic carbocycles. The zero-order valence-electron chi connectivity index (χ0n) is 14.7. The van der Waals surface area contributed by atoms with Gasteiger partial charge in [0.05, 0.1) is 5.69 Å². The van der Waals surface area contributed by atoms with Crippen molar-refractivity contribution in [2.24, 2.45) is 0 Å². The first-order valence-corrected chi connectivity index (χ1v) is 8.98. The van der Waals surface area contributed by atoms with Gasteiger partial charge in [0, 0.05) is 10.7 Å². The number of halogens is 3. The number of rotatable bonds is 7. The number of carbonyl (C=O) groups excluding carboxylic acids is 1. The maximum atomic E-state index is 12.6. The molecule has 0 bridgehead atoms. The average molecular weight is 452 g/mol. The zero-order chi connectivity index (χ0) is 20.1. The van der Waals surface area contributed by atoms with Gasteiger partial charge in [0.25, 0.3) is 5.91 Å². The summed E-state index contributed by atoms with van der Waals surface area (Å²) in [6, 6.07) is 13.4. The van der Waals surface area contributed by atoms with Crippen LogP contribution in [0.25, 0.3) is 0 Å². The summed E-state index contributed by atoms with van der Waals surface area (Å²) in [6.45, 7) is -1.15. The highest BCUT2D eigenvalue weighted by Crippen LogP contribution is 2.27. The first-order valence-electron chi connectivity index (χ1n) is 8.19. The number of aryl methyl sites for hydroxylation is 1. The molecule has 0 fully saturated rings. The summed E-state index contributed by atoms with van der Waals surface area (Å²) in [6.07, 6.45) is 1.58. The predicted octanol–water partition coefficient (Wildman–Crippen LogP) is 4.84. The Morgan fingerprint density at radius 1 is 1.21 bits per heavy atom. The third kappa shape index (κ3) is 5.29. The topological polar surface area (TPSA) is 65.4 Å². The Morgan fingerprint density at radius 2 is 1.96 bits per heavy atom. The minimum absolute atomic E-state index is 0.110. The van der Waals surface area contributed by atoms with Gasteiger partial charge in [0.15, 0.2) is 12.4 Å². The number of aromatic nitrogens is 2. The molecule has 2 aromatic carbocycles. The Labute approximate surface area is 168 Å². The second-order valence-corrected chi connectivity index (χ2v) is 6.72. The van der Waals surface area contributed by atoms with Gasteiger partial charge in [-0.1, -0.05) is 22.0 Å². The standard InChI is InChI=1S/C19H16BrF2N3O3/c1-12-2-7-15(17(10-12)28-19(21)22)23-18(26)16-8-9-25(24-16)11-27-14-5-3-13(20)4-6-14/h2-10,19H,11H2,1H3,(H,23,26). The lowest BCUT2D eigenvalue weighted by molar-refractivity contribution is -0.0494. The van der Waals surface area contributed by atoms with E-state index in [1.54, 1.807) is 31.3 Å². The molecular weight excluding hydrogens is 436 g/mol. The smallest absolute Gasteiger partial charge is 0.387 e. The highest BCUT2D eigenvalue weighted by Gasteiger charge is 2.15. The number of carbonyl (C=O) groups is 1. The largest absolute Gasteiger partial charge is 0.471 e. The van der Waals surface area contributed by atoms with Crippen LogP contribution in [-0.2, 0) is 6.73 Å². The van der Waals surface area contributed by atoms with E-state index in [-0.39, 0.29) is 23.9 Å². The summed E-state index contributed by atoms with van der Waals surface area (Å²) in [5.41, 5.74) is 0.975. The fraction of sp³-hybridized carbons (Fsp3) is 0.158. The fourth-order valence-electron chi connectivity index (χ4n) is 2.34.